The summed E-state index contributed by atoms with van der Waals surface area (Å²) in [5.41, 5.74) is 10.6. The maximum absolute atomic E-state index is 3.51. The zero-order chi connectivity index (χ0) is 29.6. The second-order valence-electron chi connectivity index (χ2n) is 11.2. The molecule has 0 nitrogen and oxygen atoms in total. The van der Waals surface area contributed by atoms with E-state index in [0.29, 0.717) is 0 Å². The van der Waals surface area contributed by atoms with E-state index < -0.39 is 0 Å². The van der Waals surface area contributed by atoms with Crippen molar-refractivity contribution >= 4 is 22.7 Å². The van der Waals surface area contributed by atoms with Crippen LogP contribution in [0.3, 0.4) is 0 Å². The molecule has 0 aliphatic heterocycles. The van der Waals surface area contributed by atoms with E-state index in [1.807, 2.05) is 22.7 Å². The minimum absolute atomic E-state index is 1.07. The summed E-state index contributed by atoms with van der Waals surface area (Å²) in [5.74, 6) is 13.9. The van der Waals surface area contributed by atoms with Crippen LogP contribution >= 0.6 is 22.7 Å². The highest BCUT2D eigenvalue weighted by atomic mass is 32.1. The van der Waals surface area contributed by atoms with Crippen molar-refractivity contribution in [2.24, 2.45) is 0 Å². The Kier molecular flexibility index (Phi) is 13.0. The first kappa shape index (κ1) is 31.9. The molecule has 0 aliphatic carbocycles. The lowest BCUT2D eigenvalue weighted by Gasteiger charge is -2.04. The summed E-state index contributed by atoms with van der Waals surface area (Å²) in [6.45, 7) is 9.07. The third-order valence-corrected chi connectivity index (χ3v) is 9.84. The molecule has 0 amide bonds. The molecule has 0 radical (unpaired) electrons. The van der Waals surface area contributed by atoms with Gasteiger partial charge in [0, 0.05) is 11.1 Å². The van der Waals surface area contributed by atoms with E-state index in [1.54, 1.807) is 0 Å². The molecule has 42 heavy (non-hydrogen) atoms. The third kappa shape index (κ3) is 8.98. The smallest absolute Gasteiger partial charge is 0.0806 e. The fourth-order valence-electron chi connectivity index (χ4n) is 5.21. The normalized spacial score (nSPS) is 10.7. The van der Waals surface area contributed by atoms with Crippen LogP contribution in [-0.4, -0.2) is 0 Å². The number of hydrogen-bond acceptors (Lipinski definition) is 2. The van der Waals surface area contributed by atoms with Crippen molar-refractivity contribution in [1.29, 1.82) is 0 Å². The van der Waals surface area contributed by atoms with E-state index in [4.69, 9.17) is 0 Å². The molecule has 0 saturated carbocycles. The van der Waals surface area contributed by atoms with Crippen molar-refractivity contribution < 1.29 is 0 Å². The Morgan fingerprint density at radius 2 is 0.810 bits per heavy atom. The molecular weight excluding hydrogens is 545 g/mol. The Labute approximate surface area is 263 Å². The molecule has 0 N–H and O–H groups in total. The molecule has 0 bridgehead atoms. The van der Waals surface area contributed by atoms with E-state index >= 15 is 0 Å². The third-order valence-electron chi connectivity index (χ3n) is 7.87. The lowest BCUT2D eigenvalue weighted by atomic mass is 10.00. The summed E-state index contributed by atoms with van der Waals surface area (Å²) in [4.78, 5) is 2.51. The van der Waals surface area contributed by atoms with Crippen molar-refractivity contribution in [3.8, 4) is 34.8 Å². The van der Waals surface area contributed by atoms with Crippen molar-refractivity contribution in [3.05, 3.63) is 102 Å². The van der Waals surface area contributed by atoms with Crippen LogP contribution in [0.25, 0.3) is 11.1 Å². The SMILES string of the molecule is CCCCc1csc(C#Cc2ccc(-c3ccc(C#Cc4scc(CCCC)c4CCCC)cc3)cc2)c1CCCC. The molecule has 0 aliphatic rings. The summed E-state index contributed by atoms with van der Waals surface area (Å²) < 4.78 is 0. The molecule has 0 unspecified atom stereocenters. The van der Waals surface area contributed by atoms with Crippen LogP contribution < -0.4 is 0 Å². The molecule has 0 fully saturated rings. The molecule has 2 aromatic carbocycles. The number of unbranched alkanes of at least 4 members (excludes halogenated alkanes) is 4. The number of hydrogen-bond donors (Lipinski definition) is 0. The summed E-state index contributed by atoms with van der Waals surface area (Å²) in [5, 5.41) is 4.69. The number of rotatable bonds is 13. The number of thiophene rings is 2. The van der Waals surface area contributed by atoms with Gasteiger partial charge in [-0.15, -0.1) is 22.7 Å². The Morgan fingerprint density at radius 3 is 1.17 bits per heavy atom. The maximum Gasteiger partial charge on any atom is 0.0806 e. The average molecular weight is 591 g/mol. The van der Waals surface area contributed by atoms with E-state index in [9.17, 15) is 0 Å². The van der Waals surface area contributed by atoms with E-state index in [1.165, 1.54) is 107 Å². The average Bonchev–Trinajstić information content (AvgIpc) is 3.61. The molecule has 2 heteroatoms. The summed E-state index contributed by atoms with van der Waals surface area (Å²) in [6.07, 6.45) is 14.6. The Morgan fingerprint density at radius 1 is 0.452 bits per heavy atom. The zero-order valence-electron chi connectivity index (χ0n) is 26.1. The van der Waals surface area contributed by atoms with Crippen molar-refractivity contribution in [3.63, 3.8) is 0 Å². The quantitative estimate of drug-likeness (QED) is 0.136. The minimum atomic E-state index is 1.07. The van der Waals surface area contributed by atoms with Gasteiger partial charge in [0.05, 0.1) is 9.75 Å². The van der Waals surface area contributed by atoms with Crippen LogP contribution in [0.1, 0.15) is 122 Å². The fraction of sp³-hybridized carbons (Fsp3) is 0.400. The van der Waals surface area contributed by atoms with Crippen LogP contribution in [0.15, 0.2) is 59.3 Å². The van der Waals surface area contributed by atoms with Gasteiger partial charge in [-0.05, 0) is 120 Å². The summed E-state index contributed by atoms with van der Waals surface area (Å²) >= 11 is 3.65. The predicted molar refractivity (Wildman–Crippen MR) is 187 cm³/mol. The van der Waals surface area contributed by atoms with Gasteiger partial charge in [-0.1, -0.05) is 101 Å². The molecule has 0 spiro atoms. The fourth-order valence-corrected chi connectivity index (χ4v) is 7.22. The Balaban J connectivity index is 1.45. The highest BCUT2D eigenvalue weighted by Crippen LogP contribution is 2.27. The molecule has 2 aromatic heterocycles. The van der Waals surface area contributed by atoms with Crippen LogP contribution in [0.2, 0.25) is 0 Å². The largest absolute Gasteiger partial charge is 0.135 e. The Hall–Kier alpha value is -3.04. The number of benzene rings is 2. The topological polar surface area (TPSA) is 0 Å². The van der Waals surface area contributed by atoms with Crippen LogP contribution in [0, 0.1) is 23.7 Å². The van der Waals surface area contributed by atoms with Crippen LogP contribution in [-0.2, 0) is 25.7 Å². The zero-order valence-corrected chi connectivity index (χ0v) is 27.7. The first-order valence-corrected chi connectivity index (χ1v) is 17.9. The highest BCUT2D eigenvalue weighted by Gasteiger charge is 2.11. The van der Waals surface area contributed by atoms with Crippen molar-refractivity contribution in [2.45, 2.75) is 105 Å². The first-order valence-electron chi connectivity index (χ1n) is 16.1. The molecule has 2 heterocycles. The molecule has 4 rings (SSSR count). The van der Waals surface area contributed by atoms with Crippen molar-refractivity contribution in [2.75, 3.05) is 0 Å². The van der Waals surface area contributed by atoms with Crippen LogP contribution in [0.5, 0.6) is 0 Å². The van der Waals surface area contributed by atoms with Gasteiger partial charge in [-0.25, -0.2) is 0 Å². The van der Waals surface area contributed by atoms with Gasteiger partial charge >= 0.3 is 0 Å². The monoisotopic (exact) mass is 590 g/mol. The van der Waals surface area contributed by atoms with E-state index in [-0.39, 0.29) is 0 Å². The van der Waals surface area contributed by atoms with Gasteiger partial charge in [0.2, 0.25) is 0 Å². The predicted octanol–water partition coefficient (Wildman–Crippen LogP) is 11.6. The molecule has 0 atom stereocenters. The summed E-state index contributed by atoms with van der Waals surface area (Å²) in [6, 6.07) is 17.4. The maximum atomic E-state index is 3.51. The van der Waals surface area contributed by atoms with Gasteiger partial charge in [-0.3, -0.25) is 0 Å². The first-order chi connectivity index (χ1) is 20.7. The van der Waals surface area contributed by atoms with E-state index in [2.05, 4.69) is 111 Å². The second kappa shape index (κ2) is 17.2. The molecule has 218 valence electrons. The van der Waals surface area contributed by atoms with Gasteiger partial charge in [0.25, 0.3) is 0 Å². The van der Waals surface area contributed by atoms with Gasteiger partial charge in [-0.2, -0.15) is 0 Å². The number of aryl methyl sites for hydroxylation is 2. The summed E-state index contributed by atoms with van der Waals surface area (Å²) in [7, 11) is 0. The minimum Gasteiger partial charge on any atom is -0.135 e. The second-order valence-corrected chi connectivity index (χ2v) is 13.0. The highest BCUT2D eigenvalue weighted by molar-refractivity contribution is 7.11. The lowest BCUT2D eigenvalue weighted by molar-refractivity contribution is 0.761. The standard InChI is InChI=1S/C40H46S2/c1-5-9-13-35-29-41-39(37(35)15-11-7-3)27-21-31-17-23-33(24-18-31)34-25-19-32(20-26-34)22-28-40-38(16-12-8-4)36(30-42-40)14-10-6-2/h17-20,23-26,29-30H,5-16H2,1-4H3. The van der Waals surface area contributed by atoms with Crippen molar-refractivity contribution in [1.82, 2.24) is 0 Å². The molecular formula is C40H46S2. The van der Waals surface area contributed by atoms with Crippen LogP contribution in [0.4, 0.5) is 0 Å². The lowest BCUT2D eigenvalue weighted by Crippen LogP contribution is -1.93. The van der Waals surface area contributed by atoms with Gasteiger partial charge in [0.15, 0.2) is 0 Å². The van der Waals surface area contributed by atoms with Gasteiger partial charge in [0.1, 0.15) is 0 Å². The molecule has 0 saturated heterocycles. The van der Waals surface area contributed by atoms with E-state index in [0.717, 1.165) is 24.0 Å². The van der Waals surface area contributed by atoms with Gasteiger partial charge < -0.3 is 0 Å². The molecule has 4 aromatic rings. The Bertz CT molecular complexity index is 1390.